The van der Waals surface area contributed by atoms with Gasteiger partial charge in [-0.2, -0.15) is 0 Å². The van der Waals surface area contributed by atoms with Gasteiger partial charge in [0.15, 0.2) is 6.23 Å². The van der Waals surface area contributed by atoms with Gasteiger partial charge in [-0.1, -0.05) is 0 Å². The third kappa shape index (κ3) is 2.96. The van der Waals surface area contributed by atoms with Gasteiger partial charge in [0.2, 0.25) is 0 Å². The fourth-order valence-corrected chi connectivity index (χ4v) is 4.35. The summed E-state index contributed by atoms with van der Waals surface area (Å²) >= 11 is 3.36. The molecule has 3 N–H and O–H groups in total. The molecule has 5 atom stereocenters. The number of hydrogen-bond donors (Lipinski definition) is 2. The minimum Gasteiger partial charge on any atom is -0.756 e. The van der Waals surface area contributed by atoms with E-state index in [2.05, 4.69) is 30.4 Å². The quantitative estimate of drug-likeness (QED) is 0.356. The van der Waals surface area contributed by atoms with Crippen LogP contribution >= 0.6 is 23.8 Å². The molecule has 2 aliphatic rings. The molecule has 4 heterocycles. The molecule has 124 valence electrons. The molecular weight excluding hydrogens is 418 g/mol. The number of anilines is 1. The van der Waals surface area contributed by atoms with Crippen LogP contribution in [0.15, 0.2) is 17.0 Å². The summed E-state index contributed by atoms with van der Waals surface area (Å²) in [6.07, 6.45) is -2.60. The Kier molecular flexibility index (Phi) is 5.13. The summed E-state index contributed by atoms with van der Waals surface area (Å²) in [6, 6.07) is 1.69. The molecule has 24 heavy (non-hydrogen) atoms. The van der Waals surface area contributed by atoms with Gasteiger partial charge in [-0.3, -0.25) is 9.13 Å². The molecule has 2 fully saturated rings. The summed E-state index contributed by atoms with van der Waals surface area (Å²) in [6.45, 7) is -0.215. The van der Waals surface area contributed by atoms with Crippen LogP contribution < -0.4 is 40.2 Å². The van der Waals surface area contributed by atoms with E-state index in [9.17, 15) is 14.6 Å². The molecule has 0 bridgehead atoms. The van der Waals surface area contributed by atoms with Crippen LogP contribution in [-0.2, 0) is 18.3 Å². The van der Waals surface area contributed by atoms with Crippen LogP contribution in [0.4, 0.5) is 5.82 Å². The van der Waals surface area contributed by atoms with Gasteiger partial charge in [-0.05, 0) is 22.0 Å². The van der Waals surface area contributed by atoms with Crippen LogP contribution in [0.1, 0.15) is 6.23 Å². The first kappa shape index (κ1) is 18.7. The van der Waals surface area contributed by atoms with E-state index < -0.39 is 32.4 Å². The number of ether oxygens (including phenoxy) is 1. The second kappa shape index (κ2) is 6.58. The van der Waals surface area contributed by atoms with Crippen molar-refractivity contribution in [2.75, 3.05) is 12.3 Å². The Balaban J connectivity index is 0.00000169. The fourth-order valence-electron chi connectivity index (χ4n) is 2.80. The summed E-state index contributed by atoms with van der Waals surface area (Å²) < 4.78 is 28.7. The van der Waals surface area contributed by atoms with Gasteiger partial charge in [-0.15, -0.1) is 0 Å². The molecular formula is C11H11BrN4NaO6P. The molecule has 0 spiro atoms. The monoisotopic (exact) mass is 428 g/mol. The molecule has 2 aromatic heterocycles. The third-order valence-electron chi connectivity index (χ3n) is 3.83. The van der Waals surface area contributed by atoms with Gasteiger partial charge in [0, 0.05) is 0 Å². The average Bonchev–Trinajstić information content (AvgIpc) is 2.97. The van der Waals surface area contributed by atoms with Crippen molar-refractivity contribution < 1.29 is 57.9 Å². The topological polar surface area (TPSA) is 145 Å². The number of phosphoric acid groups is 1. The van der Waals surface area contributed by atoms with Gasteiger partial charge in [-0.25, -0.2) is 9.97 Å². The minimum absolute atomic E-state index is 0. The maximum absolute atomic E-state index is 11.4. The number of fused-ring (bicyclic) bond motifs is 2. The molecule has 1 unspecified atom stereocenters. The van der Waals surface area contributed by atoms with E-state index >= 15 is 0 Å². The molecule has 2 saturated heterocycles. The Morgan fingerprint density at radius 1 is 1.50 bits per heavy atom. The Labute approximate surface area is 166 Å². The van der Waals surface area contributed by atoms with E-state index in [4.69, 9.17) is 15.0 Å². The number of nitrogen functional groups attached to an aromatic ring is 1. The van der Waals surface area contributed by atoms with Crippen molar-refractivity contribution in [3.05, 3.63) is 17.0 Å². The number of halogens is 1. The number of nitrogens with two attached hydrogens (primary N) is 1. The van der Waals surface area contributed by atoms with Crippen LogP contribution in [0, 0.1) is 0 Å². The molecule has 2 aliphatic heterocycles. The smallest absolute Gasteiger partial charge is 0.756 e. The molecule has 0 aromatic carbocycles. The van der Waals surface area contributed by atoms with Crippen molar-refractivity contribution in [1.82, 2.24) is 14.5 Å². The zero-order valence-corrected chi connectivity index (χ0v) is 16.9. The van der Waals surface area contributed by atoms with Crippen LogP contribution in [0.3, 0.4) is 0 Å². The van der Waals surface area contributed by atoms with E-state index in [-0.39, 0.29) is 42.0 Å². The van der Waals surface area contributed by atoms with Crippen molar-refractivity contribution in [2.45, 2.75) is 24.5 Å². The zero-order chi connectivity index (χ0) is 16.4. The Morgan fingerprint density at radius 3 is 3.00 bits per heavy atom. The van der Waals surface area contributed by atoms with Crippen LogP contribution in [0.5, 0.6) is 0 Å². The number of phosphoric ester groups is 1. The van der Waals surface area contributed by atoms with E-state index in [0.29, 0.717) is 15.6 Å². The molecule has 2 aromatic rings. The first-order valence-electron chi connectivity index (χ1n) is 6.62. The van der Waals surface area contributed by atoms with Crippen LogP contribution in [-0.4, -0.2) is 44.6 Å². The summed E-state index contributed by atoms with van der Waals surface area (Å²) in [5, 5.41) is 11.0. The molecule has 10 nitrogen and oxygen atoms in total. The molecule has 0 aliphatic carbocycles. The van der Waals surface area contributed by atoms with E-state index in [1.54, 1.807) is 10.6 Å². The van der Waals surface area contributed by atoms with Gasteiger partial charge in [0.25, 0.3) is 7.82 Å². The molecule has 4 rings (SSSR count). The van der Waals surface area contributed by atoms with Gasteiger partial charge in [0.1, 0.15) is 36.1 Å². The normalized spacial score (nSPS) is 35.6. The first-order chi connectivity index (χ1) is 10.9. The summed E-state index contributed by atoms with van der Waals surface area (Å²) in [7, 11) is -4.42. The summed E-state index contributed by atoms with van der Waals surface area (Å²) in [5.74, 6) is 0.281. The van der Waals surface area contributed by atoms with E-state index in [1.165, 1.54) is 6.33 Å². The van der Waals surface area contributed by atoms with Gasteiger partial charge in [0.05, 0.1) is 16.6 Å². The number of aromatic nitrogens is 3. The van der Waals surface area contributed by atoms with E-state index in [1.807, 2.05) is 0 Å². The van der Waals surface area contributed by atoms with Crippen molar-refractivity contribution >= 4 is 40.6 Å². The number of aliphatic hydroxyl groups is 1. The third-order valence-corrected chi connectivity index (χ3v) is 5.41. The number of rotatable bonds is 1. The van der Waals surface area contributed by atoms with Crippen molar-refractivity contribution in [2.24, 2.45) is 0 Å². The molecule has 13 heteroatoms. The zero-order valence-electron chi connectivity index (χ0n) is 12.4. The molecule has 0 amide bonds. The number of hydrogen-bond acceptors (Lipinski definition) is 9. The largest absolute Gasteiger partial charge is 1.00 e. The van der Waals surface area contributed by atoms with Crippen molar-refractivity contribution in [3.63, 3.8) is 0 Å². The first-order valence-corrected chi connectivity index (χ1v) is 8.87. The Bertz CT molecular complexity index is 836. The van der Waals surface area contributed by atoms with Crippen LogP contribution in [0.25, 0.3) is 11.0 Å². The number of aliphatic hydroxyl groups excluding tert-OH is 1. The molecule has 0 radical (unpaired) electrons. The fraction of sp³-hybridized carbons (Fsp3) is 0.455. The standard InChI is InChI=1S/C11H12BrN4O6P.Na/c12-6-1-4-9(13)14-3-15-10(4)16(6)11-7(17)8-5(21-11)2-20-23(18,19)22-8;/h1,3,5,7-8,11,17H,2H2,(H,18,19)(H2,13,14,15);/q;+1/p-1/t5-,7-,8-,11-;/m1./s1. The van der Waals surface area contributed by atoms with Crippen LogP contribution in [0.2, 0.25) is 0 Å². The van der Waals surface area contributed by atoms with Crippen molar-refractivity contribution in [1.29, 1.82) is 0 Å². The summed E-state index contributed by atoms with van der Waals surface area (Å²) in [5.41, 5.74) is 6.26. The minimum atomic E-state index is -4.42. The maximum atomic E-state index is 11.4. The van der Waals surface area contributed by atoms with Gasteiger partial charge >= 0.3 is 29.6 Å². The average molecular weight is 429 g/mol. The predicted molar refractivity (Wildman–Crippen MR) is 78.0 cm³/mol. The van der Waals surface area contributed by atoms with E-state index in [0.717, 1.165) is 0 Å². The van der Waals surface area contributed by atoms with Gasteiger partial charge < -0.3 is 29.5 Å². The predicted octanol–water partition coefficient (Wildman–Crippen LogP) is -3.08. The second-order valence-corrected chi connectivity index (χ2v) is 7.38. The molecule has 0 saturated carbocycles. The maximum Gasteiger partial charge on any atom is 1.00 e. The van der Waals surface area contributed by atoms with Crippen molar-refractivity contribution in [3.8, 4) is 0 Å². The Morgan fingerprint density at radius 2 is 2.25 bits per heavy atom. The second-order valence-electron chi connectivity index (χ2n) is 5.20. The number of nitrogens with zero attached hydrogens (tertiary/aromatic N) is 3. The SMILES string of the molecule is Nc1ncnc2c1cc(Br)n2[C@@H]1O[C@@H]2COP(=O)([O-])O[C@H]2[C@H]1O.[Na+]. The Hall–Kier alpha value is -0.0700. The summed E-state index contributed by atoms with van der Waals surface area (Å²) in [4.78, 5) is 19.5.